The quantitative estimate of drug-likeness (QED) is 0.818. The molecular weight excluding hydrogens is 262 g/mol. The summed E-state index contributed by atoms with van der Waals surface area (Å²) in [7, 11) is 0. The maximum Gasteiger partial charge on any atom is 0.0779 e. The van der Waals surface area contributed by atoms with Gasteiger partial charge in [0.15, 0.2) is 0 Å². The van der Waals surface area contributed by atoms with Crippen molar-refractivity contribution in [2.45, 2.75) is 83.1 Å². The Labute approximate surface area is 128 Å². The molecule has 118 valence electrons. The Bertz CT molecular complexity index is 437. The molecule has 0 aromatic carbocycles. The number of nitrogens with zero attached hydrogens (tertiary/aromatic N) is 2. The average molecular weight is 291 g/mol. The maximum atomic E-state index is 6.43. The Morgan fingerprint density at radius 1 is 1.33 bits per heavy atom. The predicted molar refractivity (Wildman–Crippen MR) is 84.1 cm³/mol. The lowest BCUT2D eigenvalue weighted by Crippen LogP contribution is -2.32. The molecule has 1 aromatic heterocycles. The number of hydrogen-bond donors (Lipinski definition) is 1. The summed E-state index contributed by atoms with van der Waals surface area (Å²) < 4.78 is 8.49. The van der Waals surface area contributed by atoms with Gasteiger partial charge in [0.2, 0.25) is 0 Å². The van der Waals surface area contributed by atoms with E-state index in [0.29, 0.717) is 6.10 Å². The van der Waals surface area contributed by atoms with Crippen LogP contribution in [0.5, 0.6) is 0 Å². The summed E-state index contributed by atoms with van der Waals surface area (Å²) in [6.07, 6.45) is 12.7. The highest BCUT2D eigenvalue weighted by Gasteiger charge is 2.40. The van der Waals surface area contributed by atoms with Crippen LogP contribution in [0.2, 0.25) is 0 Å². The first-order chi connectivity index (χ1) is 10.3. The Kier molecular flexibility index (Phi) is 4.96. The van der Waals surface area contributed by atoms with Crippen molar-refractivity contribution in [3.63, 3.8) is 0 Å². The number of nitrogens with one attached hydrogen (secondary N) is 1. The summed E-state index contributed by atoms with van der Waals surface area (Å²) in [5.74, 6) is 0. The zero-order valence-electron chi connectivity index (χ0n) is 13.3. The van der Waals surface area contributed by atoms with Gasteiger partial charge >= 0.3 is 0 Å². The van der Waals surface area contributed by atoms with Crippen molar-refractivity contribution in [3.05, 3.63) is 18.0 Å². The smallest absolute Gasteiger partial charge is 0.0779 e. The first-order valence-corrected chi connectivity index (χ1v) is 8.70. The minimum Gasteiger partial charge on any atom is -0.370 e. The lowest BCUT2D eigenvalue weighted by atomic mass is 9.83. The molecule has 0 amide bonds. The third-order valence-electron chi connectivity index (χ3n) is 4.92. The molecule has 1 saturated heterocycles. The predicted octanol–water partition coefficient (Wildman–Crippen LogP) is 3.26. The lowest BCUT2D eigenvalue weighted by molar-refractivity contribution is -0.0688. The normalized spacial score (nSPS) is 24.7. The van der Waals surface area contributed by atoms with Crippen LogP contribution >= 0.6 is 0 Å². The molecule has 1 N–H and O–H groups in total. The molecule has 4 nitrogen and oxygen atoms in total. The van der Waals surface area contributed by atoms with E-state index in [4.69, 9.17) is 4.74 Å². The average Bonchev–Trinajstić information content (AvgIpc) is 3.09. The second kappa shape index (κ2) is 6.93. The molecule has 1 saturated carbocycles. The van der Waals surface area contributed by atoms with Crippen molar-refractivity contribution in [1.29, 1.82) is 0 Å². The van der Waals surface area contributed by atoms with E-state index >= 15 is 0 Å². The van der Waals surface area contributed by atoms with Crippen LogP contribution in [-0.2, 0) is 17.8 Å². The van der Waals surface area contributed by atoms with Crippen molar-refractivity contribution in [2.24, 2.45) is 0 Å². The molecule has 1 aliphatic carbocycles. The van der Waals surface area contributed by atoms with Gasteiger partial charge in [0.25, 0.3) is 0 Å². The van der Waals surface area contributed by atoms with Crippen LogP contribution in [0.1, 0.15) is 64.0 Å². The summed E-state index contributed by atoms with van der Waals surface area (Å²) >= 11 is 0. The molecule has 0 bridgehead atoms. The van der Waals surface area contributed by atoms with E-state index in [1.165, 1.54) is 51.4 Å². The highest BCUT2D eigenvalue weighted by atomic mass is 16.5. The Balaban J connectivity index is 1.48. The summed E-state index contributed by atoms with van der Waals surface area (Å²) in [5.41, 5.74) is 1.36. The van der Waals surface area contributed by atoms with Crippen LogP contribution in [0, 0.1) is 0 Å². The fourth-order valence-electron chi connectivity index (χ4n) is 3.79. The van der Waals surface area contributed by atoms with Crippen molar-refractivity contribution in [1.82, 2.24) is 15.1 Å². The van der Waals surface area contributed by atoms with E-state index < -0.39 is 0 Å². The Morgan fingerprint density at radius 3 is 3.00 bits per heavy atom. The first-order valence-electron chi connectivity index (χ1n) is 8.70. The Hall–Kier alpha value is -0.870. The van der Waals surface area contributed by atoms with Gasteiger partial charge in [-0.05, 0) is 44.7 Å². The Morgan fingerprint density at radius 2 is 2.19 bits per heavy atom. The van der Waals surface area contributed by atoms with E-state index in [2.05, 4.69) is 34.3 Å². The minimum atomic E-state index is 0.224. The van der Waals surface area contributed by atoms with Crippen molar-refractivity contribution >= 4 is 0 Å². The van der Waals surface area contributed by atoms with Gasteiger partial charge in [0.05, 0.1) is 23.9 Å². The van der Waals surface area contributed by atoms with Crippen LogP contribution in [0.15, 0.2) is 12.3 Å². The molecule has 2 heterocycles. The highest BCUT2D eigenvalue weighted by molar-refractivity contribution is 4.99. The van der Waals surface area contributed by atoms with Gasteiger partial charge in [0, 0.05) is 12.7 Å². The molecule has 1 spiro atoms. The molecule has 3 rings (SSSR count). The molecule has 1 aliphatic heterocycles. The molecule has 2 aliphatic rings. The third kappa shape index (κ3) is 3.86. The van der Waals surface area contributed by atoms with E-state index in [-0.39, 0.29) is 5.60 Å². The number of rotatable bonds is 6. The van der Waals surface area contributed by atoms with Gasteiger partial charge in [-0.25, -0.2) is 0 Å². The summed E-state index contributed by atoms with van der Waals surface area (Å²) in [6, 6.07) is 2.12. The fourth-order valence-corrected chi connectivity index (χ4v) is 3.79. The van der Waals surface area contributed by atoms with Crippen molar-refractivity contribution in [2.75, 3.05) is 6.54 Å². The second-order valence-electron chi connectivity index (χ2n) is 6.73. The lowest BCUT2D eigenvalue weighted by Gasteiger charge is -2.33. The summed E-state index contributed by atoms with van der Waals surface area (Å²) in [4.78, 5) is 0. The standard InChI is InChI=1S/C17H29N3O/c1-2-11-18-13-15-7-12-20(19-15)14-16-6-10-17(21-16)8-4-3-5-9-17/h7,12,16,18H,2-6,8-11,13-14H2,1H3. The maximum absolute atomic E-state index is 6.43. The van der Waals surface area contributed by atoms with Gasteiger partial charge in [-0.2, -0.15) is 5.10 Å². The van der Waals surface area contributed by atoms with Crippen LogP contribution < -0.4 is 5.32 Å². The van der Waals surface area contributed by atoms with Crippen molar-refractivity contribution in [3.8, 4) is 0 Å². The number of ether oxygens (including phenoxy) is 1. The van der Waals surface area contributed by atoms with Crippen LogP contribution in [0.4, 0.5) is 0 Å². The summed E-state index contributed by atoms with van der Waals surface area (Å²) in [6.45, 7) is 5.02. The van der Waals surface area contributed by atoms with E-state index in [9.17, 15) is 0 Å². The summed E-state index contributed by atoms with van der Waals surface area (Å²) in [5, 5.41) is 8.05. The van der Waals surface area contributed by atoms with E-state index in [0.717, 1.165) is 25.3 Å². The van der Waals surface area contributed by atoms with Crippen LogP contribution in [0.25, 0.3) is 0 Å². The van der Waals surface area contributed by atoms with E-state index in [1.807, 2.05) is 0 Å². The molecule has 21 heavy (non-hydrogen) atoms. The molecule has 4 heteroatoms. The zero-order valence-corrected chi connectivity index (χ0v) is 13.3. The van der Waals surface area contributed by atoms with Gasteiger partial charge in [-0.15, -0.1) is 0 Å². The molecule has 1 aromatic rings. The molecular formula is C17H29N3O. The van der Waals surface area contributed by atoms with Gasteiger partial charge in [-0.3, -0.25) is 4.68 Å². The van der Waals surface area contributed by atoms with Gasteiger partial charge in [0.1, 0.15) is 0 Å². The van der Waals surface area contributed by atoms with Gasteiger partial charge < -0.3 is 10.1 Å². The van der Waals surface area contributed by atoms with Crippen molar-refractivity contribution < 1.29 is 4.74 Å². The van der Waals surface area contributed by atoms with Gasteiger partial charge in [-0.1, -0.05) is 26.2 Å². The number of aromatic nitrogens is 2. The monoisotopic (exact) mass is 291 g/mol. The topological polar surface area (TPSA) is 39.1 Å². The molecule has 0 radical (unpaired) electrons. The molecule has 2 fully saturated rings. The van der Waals surface area contributed by atoms with Crippen LogP contribution in [-0.4, -0.2) is 28.0 Å². The minimum absolute atomic E-state index is 0.224. The molecule has 1 unspecified atom stereocenters. The third-order valence-corrected chi connectivity index (χ3v) is 4.92. The van der Waals surface area contributed by atoms with Crippen LogP contribution in [0.3, 0.4) is 0 Å². The zero-order chi connectivity index (χ0) is 14.5. The number of hydrogen-bond acceptors (Lipinski definition) is 3. The second-order valence-corrected chi connectivity index (χ2v) is 6.73. The largest absolute Gasteiger partial charge is 0.370 e. The fraction of sp³-hybridized carbons (Fsp3) is 0.824. The molecule has 1 atom stereocenters. The highest BCUT2D eigenvalue weighted by Crippen LogP contribution is 2.42. The van der Waals surface area contributed by atoms with E-state index in [1.54, 1.807) is 0 Å². The SMILES string of the molecule is CCCNCc1ccn(CC2CCC3(CCCCC3)O2)n1. The first kappa shape index (κ1) is 15.0.